The van der Waals surface area contributed by atoms with Gasteiger partial charge in [0.25, 0.3) is 5.91 Å². The standard InChI is InChI=1S/C25H23ClF3N5O2/c26-19-7-5-17(6-8-19)23(35)34-12-2-11-33(13-14-34)22-10-9-21(16-30-22)32-24(36)31-20-4-1-3-18(15-20)25(27,28)29/h1,3-10,15-16H,2,11-14H2,(H2,31,32,36). The van der Waals surface area contributed by atoms with Gasteiger partial charge in [-0.05, 0) is 61.0 Å². The summed E-state index contributed by atoms with van der Waals surface area (Å²) in [4.78, 5) is 33.3. The van der Waals surface area contributed by atoms with E-state index in [0.717, 1.165) is 18.6 Å². The molecule has 4 rings (SSSR count). The van der Waals surface area contributed by atoms with Crippen molar-refractivity contribution in [3.05, 3.63) is 83.0 Å². The third kappa shape index (κ3) is 6.45. The van der Waals surface area contributed by atoms with Gasteiger partial charge in [-0.2, -0.15) is 13.2 Å². The van der Waals surface area contributed by atoms with Crippen molar-refractivity contribution in [1.29, 1.82) is 0 Å². The third-order valence-corrected chi connectivity index (χ3v) is 5.90. The van der Waals surface area contributed by atoms with E-state index in [9.17, 15) is 22.8 Å². The number of aromatic nitrogens is 1. The smallest absolute Gasteiger partial charge is 0.355 e. The molecule has 1 aliphatic heterocycles. The molecule has 0 aliphatic carbocycles. The first-order valence-corrected chi connectivity index (χ1v) is 11.6. The molecule has 2 N–H and O–H groups in total. The molecule has 0 spiro atoms. The first kappa shape index (κ1) is 25.3. The van der Waals surface area contributed by atoms with E-state index in [1.165, 1.54) is 18.3 Å². The van der Waals surface area contributed by atoms with Crippen LogP contribution in [0.4, 0.5) is 35.2 Å². The number of nitrogens with one attached hydrogen (secondary N) is 2. The molecule has 0 radical (unpaired) electrons. The summed E-state index contributed by atoms with van der Waals surface area (Å²) >= 11 is 5.91. The summed E-state index contributed by atoms with van der Waals surface area (Å²) < 4.78 is 38.6. The van der Waals surface area contributed by atoms with E-state index >= 15 is 0 Å². The zero-order valence-corrected chi connectivity index (χ0v) is 19.8. The third-order valence-electron chi connectivity index (χ3n) is 5.65. The Hall–Kier alpha value is -3.79. The first-order valence-electron chi connectivity index (χ1n) is 11.2. The van der Waals surface area contributed by atoms with E-state index in [1.54, 1.807) is 41.3 Å². The van der Waals surface area contributed by atoms with Crippen LogP contribution in [-0.4, -0.2) is 48.0 Å². The van der Waals surface area contributed by atoms with Crippen LogP contribution in [0.15, 0.2) is 66.9 Å². The summed E-state index contributed by atoms with van der Waals surface area (Å²) in [6.07, 6.45) is -2.26. The van der Waals surface area contributed by atoms with E-state index in [2.05, 4.69) is 20.5 Å². The number of pyridine rings is 1. The topological polar surface area (TPSA) is 77.6 Å². The van der Waals surface area contributed by atoms with Crippen molar-refractivity contribution in [3.63, 3.8) is 0 Å². The van der Waals surface area contributed by atoms with E-state index in [1.807, 2.05) is 0 Å². The molecule has 11 heteroatoms. The van der Waals surface area contributed by atoms with Gasteiger partial charge in [-0.25, -0.2) is 9.78 Å². The number of amides is 3. The molecule has 0 atom stereocenters. The highest BCUT2D eigenvalue weighted by atomic mass is 35.5. The van der Waals surface area contributed by atoms with Crippen LogP contribution in [-0.2, 0) is 6.18 Å². The molecule has 0 bridgehead atoms. The van der Waals surface area contributed by atoms with Crippen molar-refractivity contribution in [3.8, 4) is 0 Å². The number of nitrogens with zero attached hydrogens (tertiary/aromatic N) is 3. The summed E-state index contributed by atoms with van der Waals surface area (Å²) in [5.41, 5.74) is 0.147. The molecule has 1 aromatic heterocycles. The molecule has 2 aromatic carbocycles. The summed E-state index contributed by atoms with van der Waals surface area (Å²) in [6, 6.07) is 13.9. The van der Waals surface area contributed by atoms with Crippen LogP contribution in [0.5, 0.6) is 0 Å². The molecule has 0 unspecified atom stereocenters. The Balaban J connectivity index is 1.32. The second-order valence-electron chi connectivity index (χ2n) is 8.20. The molecule has 7 nitrogen and oxygen atoms in total. The average molecular weight is 518 g/mol. The lowest BCUT2D eigenvalue weighted by molar-refractivity contribution is -0.137. The fourth-order valence-corrected chi connectivity index (χ4v) is 3.96. The number of anilines is 3. The fourth-order valence-electron chi connectivity index (χ4n) is 3.84. The lowest BCUT2D eigenvalue weighted by Crippen LogP contribution is -2.35. The maximum absolute atomic E-state index is 12.9. The van der Waals surface area contributed by atoms with Gasteiger partial charge in [0, 0.05) is 42.5 Å². The highest BCUT2D eigenvalue weighted by Gasteiger charge is 2.30. The number of benzene rings is 2. The number of alkyl halides is 3. The molecular weight excluding hydrogens is 495 g/mol. The van der Waals surface area contributed by atoms with Crippen LogP contribution in [0.1, 0.15) is 22.3 Å². The summed E-state index contributed by atoms with van der Waals surface area (Å²) in [5.74, 6) is 0.646. The molecule has 2 heterocycles. The van der Waals surface area contributed by atoms with Crippen LogP contribution in [0, 0.1) is 0 Å². The minimum absolute atomic E-state index is 0.0224. The molecular formula is C25H23ClF3N5O2. The molecule has 188 valence electrons. The zero-order valence-electron chi connectivity index (χ0n) is 19.1. The van der Waals surface area contributed by atoms with Crippen molar-refractivity contribution in [2.75, 3.05) is 41.7 Å². The van der Waals surface area contributed by atoms with Crippen LogP contribution < -0.4 is 15.5 Å². The Kier molecular flexibility index (Phi) is 7.64. The molecule has 3 amide bonds. The number of rotatable bonds is 4. The highest BCUT2D eigenvalue weighted by molar-refractivity contribution is 6.30. The Labute approximate surface area is 210 Å². The molecule has 3 aromatic rings. The van der Waals surface area contributed by atoms with Gasteiger partial charge in [0.15, 0.2) is 0 Å². The Bertz CT molecular complexity index is 1220. The number of hydrogen-bond acceptors (Lipinski definition) is 4. The quantitative estimate of drug-likeness (QED) is 0.462. The minimum Gasteiger partial charge on any atom is -0.355 e. The van der Waals surface area contributed by atoms with Gasteiger partial charge < -0.3 is 20.4 Å². The fraction of sp³-hybridized carbons (Fsp3) is 0.240. The van der Waals surface area contributed by atoms with Crippen molar-refractivity contribution in [2.24, 2.45) is 0 Å². The Morgan fingerprint density at radius 2 is 1.64 bits per heavy atom. The average Bonchev–Trinajstić information content (AvgIpc) is 3.11. The van der Waals surface area contributed by atoms with Crippen LogP contribution in [0.2, 0.25) is 5.02 Å². The van der Waals surface area contributed by atoms with E-state index in [4.69, 9.17) is 11.6 Å². The predicted octanol–water partition coefficient (Wildman–Crippen LogP) is 5.75. The van der Waals surface area contributed by atoms with Crippen molar-refractivity contribution < 1.29 is 22.8 Å². The van der Waals surface area contributed by atoms with Crippen LogP contribution in [0.3, 0.4) is 0 Å². The number of urea groups is 1. The Morgan fingerprint density at radius 1 is 0.889 bits per heavy atom. The Morgan fingerprint density at radius 3 is 2.33 bits per heavy atom. The van der Waals surface area contributed by atoms with E-state index in [-0.39, 0.29) is 11.6 Å². The molecule has 1 aliphatic rings. The predicted molar refractivity (Wildman–Crippen MR) is 133 cm³/mol. The first-order chi connectivity index (χ1) is 17.2. The summed E-state index contributed by atoms with van der Waals surface area (Å²) in [5, 5.41) is 5.52. The number of hydrogen-bond donors (Lipinski definition) is 2. The summed E-state index contributed by atoms with van der Waals surface area (Å²) in [6.45, 7) is 2.45. The second kappa shape index (κ2) is 10.9. The molecule has 0 saturated carbocycles. The zero-order chi connectivity index (χ0) is 25.7. The minimum atomic E-state index is -4.50. The number of carbonyl (C=O) groups excluding carboxylic acids is 2. The highest BCUT2D eigenvalue weighted by Crippen LogP contribution is 2.30. The van der Waals surface area contributed by atoms with Crippen molar-refractivity contribution in [1.82, 2.24) is 9.88 Å². The van der Waals surface area contributed by atoms with Gasteiger partial charge in [0.2, 0.25) is 0 Å². The molecule has 1 saturated heterocycles. The maximum atomic E-state index is 12.9. The summed E-state index contributed by atoms with van der Waals surface area (Å²) in [7, 11) is 0. The van der Waals surface area contributed by atoms with Crippen molar-refractivity contribution in [2.45, 2.75) is 12.6 Å². The number of carbonyl (C=O) groups is 2. The molecule has 1 fully saturated rings. The van der Waals surface area contributed by atoms with Crippen LogP contribution >= 0.6 is 11.6 Å². The van der Waals surface area contributed by atoms with Gasteiger partial charge in [-0.3, -0.25) is 4.79 Å². The monoisotopic (exact) mass is 517 g/mol. The van der Waals surface area contributed by atoms with Gasteiger partial charge in [-0.15, -0.1) is 0 Å². The second-order valence-corrected chi connectivity index (χ2v) is 8.64. The van der Waals surface area contributed by atoms with Crippen LogP contribution in [0.25, 0.3) is 0 Å². The number of halogens is 4. The van der Waals surface area contributed by atoms with Gasteiger partial charge in [0.1, 0.15) is 5.82 Å². The van der Waals surface area contributed by atoms with Gasteiger partial charge in [0.05, 0.1) is 17.4 Å². The van der Waals surface area contributed by atoms with Gasteiger partial charge >= 0.3 is 12.2 Å². The van der Waals surface area contributed by atoms with E-state index in [0.29, 0.717) is 48.3 Å². The lowest BCUT2D eigenvalue weighted by Gasteiger charge is -2.23. The van der Waals surface area contributed by atoms with Gasteiger partial charge in [-0.1, -0.05) is 17.7 Å². The van der Waals surface area contributed by atoms with Crippen molar-refractivity contribution >= 4 is 40.7 Å². The largest absolute Gasteiger partial charge is 0.416 e. The maximum Gasteiger partial charge on any atom is 0.416 e. The SMILES string of the molecule is O=C(Nc1ccc(N2CCCN(C(=O)c3ccc(Cl)cc3)CC2)nc1)Nc1cccc(C(F)(F)F)c1. The normalized spacial score (nSPS) is 14.2. The van der Waals surface area contributed by atoms with E-state index < -0.39 is 17.8 Å². The lowest BCUT2D eigenvalue weighted by atomic mass is 10.2. The molecule has 36 heavy (non-hydrogen) atoms.